The number of sulfonamides is 1. The maximum absolute atomic E-state index is 12.3. The predicted molar refractivity (Wildman–Crippen MR) is 66.5 cm³/mol. The highest BCUT2D eigenvalue weighted by atomic mass is 32.2. The smallest absolute Gasteiger partial charge is 0.390 e. The first-order valence-corrected chi connectivity index (χ1v) is 7.38. The lowest BCUT2D eigenvalue weighted by Gasteiger charge is -2.17. The van der Waals surface area contributed by atoms with E-state index in [2.05, 4.69) is 0 Å². The van der Waals surface area contributed by atoms with E-state index in [9.17, 15) is 21.6 Å². The molecule has 1 aromatic heterocycles. The minimum atomic E-state index is -4.60. The monoisotopic (exact) mass is 314 g/mol. The summed E-state index contributed by atoms with van der Waals surface area (Å²) in [5.74, 6) is 0. The third-order valence-corrected chi connectivity index (χ3v) is 4.47. The van der Waals surface area contributed by atoms with Gasteiger partial charge in [-0.3, -0.25) is 0 Å². The first kappa shape index (κ1) is 17.0. The van der Waals surface area contributed by atoms with Crippen LogP contribution >= 0.6 is 0 Å². The lowest BCUT2D eigenvalue weighted by atomic mass is 10.4. The van der Waals surface area contributed by atoms with Crippen LogP contribution < -0.4 is 0 Å². The van der Waals surface area contributed by atoms with Crippen LogP contribution in [0.15, 0.2) is 17.2 Å². The van der Waals surface area contributed by atoms with Crippen molar-refractivity contribution < 1.29 is 26.7 Å². The van der Waals surface area contributed by atoms with Gasteiger partial charge in [0.15, 0.2) is 0 Å². The number of halogens is 3. The molecule has 0 bridgehead atoms. The average molecular weight is 314 g/mol. The zero-order valence-corrected chi connectivity index (χ0v) is 12.0. The van der Waals surface area contributed by atoms with Crippen LogP contribution in [0.1, 0.15) is 19.0 Å². The highest BCUT2D eigenvalue weighted by Crippen LogP contribution is 2.23. The van der Waals surface area contributed by atoms with Gasteiger partial charge in [-0.1, -0.05) is 6.92 Å². The Balaban J connectivity index is 3.09. The number of rotatable bonds is 6. The molecule has 0 unspecified atom stereocenters. The Labute approximate surface area is 115 Å². The van der Waals surface area contributed by atoms with Crippen molar-refractivity contribution in [3.63, 3.8) is 0 Å². The number of aromatic nitrogens is 1. The predicted octanol–water partition coefficient (Wildman–Crippen LogP) is 1.57. The first-order valence-electron chi connectivity index (χ1n) is 5.94. The van der Waals surface area contributed by atoms with Gasteiger partial charge in [0.25, 0.3) is 0 Å². The molecule has 1 rings (SSSR count). The van der Waals surface area contributed by atoms with Crippen LogP contribution in [0, 0.1) is 0 Å². The average Bonchev–Trinajstić information content (AvgIpc) is 2.71. The van der Waals surface area contributed by atoms with Gasteiger partial charge in [-0.15, -0.1) is 0 Å². The summed E-state index contributed by atoms with van der Waals surface area (Å²) in [6.45, 7) is 0.417. The van der Waals surface area contributed by atoms with Crippen molar-refractivity contribution in [1.82, 2.24) is 8.87 Å². The molecule has 20 heavy (non-hydrogen) atoms. The lowest BCUT2D eigenvalue weighted by molar-refractivity contribution is -0.134. The van der Waals surface area contributed by atoms with Gasteiger partial charge in [-0.2, -0.15) is 17.5 Å². The molecule has 116 valence electrons. The zero-order valence-electron chi connectivity index (χ0n) is 11.2. The number of hydrogen-bond acceptors (Lipinski definition) is 3. The highest BCUT2D eigenvalue weighted by molar-refractivity contribution is 7.89. The molecule has 0 fully saturated rings. The third kappa shape index (κ3) is 3.97. The normalized spacial score (nSPS) is 13.2. The number of nitrogens with zero attached hydrogens (tertiary/aromatic N) is 2. The minimum Gasteiger partial charge on any atom is -0.390 e. The molecule has 5 nitrogen and oxygen atoms in total. The maximum Gasteiger partial charge on any atom is 0.402 e. The molecule has 0 aliphatic rings. The first-order chi connectivity index (χ1) is 9.11. The van der Waals surface area contributed by atoms with Crippen molar-refractivity contribution in [3.8, 4) is 0 Å². The number of aliphatic hydroxyl groups is 1. The van der Waals surface area contributed by atoms with Gasteiger partial charge in [-0.05, 0) is 12.5 Å². The van der Waals surface area contributed by atoms with Crippen LogP contribution in [0.2, 0.25) is 0 Å². The number of alkyl halides is 3. The molecule has 1 heterocycles. The molecule has 0 saturated heterocycles. The second kappa shape index (κ2) is 6.15. The summed E-state index contributed by atoms with van der Waals surface area (Å²) in [5, 5.41) is 9.14. The van der Waals surface area contributed by atoms with E-state index in [1.807, 2.05) is 6.92 Å². The van der Waals surface area contributed by atoms with Gasteiger partial charge >= 0.3 is 6.18 Å². The van der Waals surface area contributed by atoms with Crippen LogP contribution in [0.25, 0.3) is 0 Å². The lowest BCUT2D eigenvalue weighted by Crippen LogP contribution is -2.35. The number of hydrogen-bond donors (Lipinski definition) is 1. The van der Waals surface area contributed by atoms with Crippen molar-refractivity contribution >= 4 is 10.0 Å². The molecule has 0 aromatic carbocycles. The largest absolute Gasteiger partial charge is 0.402 e. The molecule has 9 heteroatoms. The molecule has 0 atom stereocenters. The zero-order chi connectivity index (χ0) is 15.6. The Morgan fingerprint density at radius 3 is 2.45 bits per heavy atom. The summed E-state index contributed by atoms with van der Waals surface area (Å²) < 4.78 is 62.6. The molecule has 1 N–H and O–H groups in total. The van der Waals surface area contributed by atoms with Crippen LogP contribution in [-0.2, 0) is 23.2 Å². The van der Waals surface area contributed by atoms with Crippen molar-refractivity contribution in [3.05, 3.63) is 18.0 Å². The van der Waals surface area contributed by atoms with E-state index in [1.54, 1.807) is 0 Å². The summed E-state index contributed by atoms with van der Waals surface area (Å²) in [4.78, 5) is -0.248. The van der Waals surface area contributed by atoms with E-state index in [-0.39, 0.29) is 15.8 Å². The Kier molecular flexibility index (Phi) is 5.22. The van der Waals surface area contributed by atoms with E-state index in [0.717, 1.165) is 7.05 Å². The topological polar surface area (TPSA) is 62.5 Å². The van der Waals surface area contributed by atoms with Crippen molar-refractivity contribution in [2.24, 2.45) is 0 Å². The molecular weight excluding hydrogens is 297 g/mol. The molecule has 1 aromatic rings. The van der Waals surface area contributed by atoms with E-state index in [1.165, 1.54) is 16.8 Å². The third-order valence-electron chi connectivity index (χ3n) is 2.70. The summed E-state index contributed by atoms with van der Waals surface area (Å²) in [6, 6.07) is 1.19. The standard InChI is InChI=1S/C11H17F3N2O3S/c1-3-4-16-6-10(5-9(16)7-17)20(18,19)15(2)8-11(12,13)14/h5-6,17H,3-4,7-8H2,1-2H3. The molecule has 0 radical (unpaired) electrons. The Bertz CT molecular complexity index is 552. The van der Waals surface area contributed by atoms with Gasteiger partial charge in [0, 0.05) is 25.5 Å². The summed E-state index contributed by atoms with van der Waals surface area (Å²) in [5.41, 5.74) is 0.353. The SMILES string of the molecule is CCCn1cc(S(=O)(=O)N(C)CC(F)(F)F)cc1CO. The Morgan fingerprint density at radius 1 is 1.40 bits per heavy atom. The quantitative estimate of drug-likeness (QED) is 0.867. The van der Waals surface area contributed by atoms with E-state index in [0.29, 0.717) is 18.7 Å². The summed E-state index contributed by atoms with van der Waals surface area (Å²) >= 11 is 0. The highest BCUT2D eigenvalue weighted by Gasteiger charge is 2.35. The van der Waals surface area contributed by atoms with E-state index < -0.39 is 22.7 Å². The maximum atomic E-state index is 12.3. The van der Waals surface area contributed by atoms with Gasteiger partial charge < -0.3 is 9.67 Å². The fraction of sp³-hybridized carbons (Fsp3) is 0.636. The van der Waals surface area contributed by atoms with Gasteiger partial charge in [0.05, 0.1) is 6.61 Å². The fourth-order valence-corrected chi connectivity index (χ4v) is 2.99. The Morgan fingerprint density at radius 2 is 2.00 bits per heavy atom. The number of aliphatic hydroxyl groups excluding tert-OH is 1. The molecular formula is C11H17F3N2O3S. The van der Waals surface area contributed by atoms with Crippen LogP contribution in [0.3, 0.4) is 0 Å². The molecule has 0 saturated carbocycles. The summed E-state index contributed by atoms with van der Waals surface area (Å²) in [7, 11) is -3.35. The summed E-state index contributed by atoms with van der Waals surface area (Å²) in [6.07, 6.45) is -2.65. The second-order valence-electron chi connectivity index (χ2n) is 4.39. The van der Waals surface area contributed by atoms with E-state index >= 15 is 0 Å². The van der Waals surface area contributed by atoms with Gasteiger partial charge in [0.2, 0.25) is 10.0 Å². The van der Waals surface area contributed by atoms with Crippen LogP contribution in [0.5, 0.6) is 0 Å². The van der Waals surface area contributed by atoms with E-state index in [4.69, 9.17) is 5.11 Å². The number of aryl methyl sites for hydroxylation is 1. The molecule has 0 amide bonds. The fourth-order valence-electron chi connectivity index (χ4n) is 1.76. The van der Waals surface area contributed by atoms with Crippen LogP contribution in [0.4, 0.5) is 13.2 Å². The van der Waals surface area contributed by atoms with Crippen molar-refractivity contribution in [1.29, 1.82) is 0 Å². The van der Waals surface area contributed by atoms with Gasteiger partial charge in [-0.25, -0.2) is 8.42 Å². The van der Waals surface area contributed by atoms with Crippen molar-refractivity contribution in [2.45, 2.75) is 37.6 Å². The van der Waals surface area contributed by atoms with Crippen molar-refractivity contribution in [2.75, 3.05) is 13.6 Å². The molecule has 0 spiro atoms. The van der Waals surface area contributed by atoms with Crippen LogP contribution in [-0.4, -0.2) is 42.2 Å². The second-order valence-corrected chi connectivity index (χ2v) is 6.44. The minimum absolute atomic E-state index is 0.248. The van der Waals surface area contributed by atoms with Gasteiger partial charge in [0.1, 0.15) is 11.4 Å². The Hall–Kier alpha value is -1.06. The molecule has 0 aliphatic carbocycles. The molecule has 0 aliphatic heterocycles.